The first-order valence-electron chi connectivity index (χ1n) is 3.37. The molecule has 0 aromatic carbocycles. The molecule has 1 aliphatic rings. The van der Waals surface area contributed by atoms with Gasteiger partial charge in [-0.3, -0.25) is 4.79 Å². The molecule has 0 spiro atoms. The van der Waals surface area contributed by atoms with Gasteiger partial charge in [-0.25, -0.2) is 0 Å². The molecule has 0 aromatic rings. The fraction of sp³-hybridized carbons (Fsp3) is 0.571. The number of hydrogen-bond donors (Lipinski definition) is 2. The van der Waals surface area contributed by atoms with E-state index in [1.165, 1.54) is 0 Å². The second-order valence-corrected chi connectivity index (χ2v) is 2.53. The molecule has 0 heterocycles. The van der Waals surface area contributed by atoms with Crippen molar-refractivity contribution in [1.29, 1.82) is 0 Å². The van der Waals surface area contributed by atoms with Crippen LogP contribution in [0.5, 0.6) is 0 Å². The molecule has 3 N–H and O–H groups in total. The van der Waals surface area contributed by atoms with Gasteiger partial charge in [0.1, 0.15) is 0 Å². The summed E-state index contributed by atoms with van der Waals surface area (Å²) in [5.41, 5.74) is 5.51. The number of rotatable bonds is 1. The Morgan fingerprint density at radius 1 is 1.64 bits per heavy atom. The Balaban J connectivity index is 0.000001000. The number of carbonyl (C=O) groups is 1. The highest BCUT2D eigenvalue weighted by Gasteiger charge is 2.24. The molecule has 11 heavy (non-hydrogen) atoms. The van der Waals surface area contributed by atoms with Crippen LogP contribution in [0.1, 0.15) is 12.8 Å². The lowest BCUT2D eigenvalue weighted by Gasteiger charge is -2.19. The summed E-state index contributed by atoms with van der Waals surface area (Å²) in [5, 5.41) is 8.59. The van der Waals surface area contributed by atoms with E-state index in [1.54, 1.807) is 6.08 Å². The van der Waals surface area contributed by atoms with Gasteiger partial charge in [-0.15, -0.1) is 12.4 Å². The molecule has 0 saturated heterocycles. The highest BCUT2D eigenvalue weighted by Crippen LogP contribution is 2.16. The quantitative estimate of drug-likeness (QED) is 0.582. The number of aliphatic carboxylic acids is 1. The number of allylic oxidation sites excluding steroid dienone is 1. The zero-order valence-corrected chi connectivity index (χ0v) is 6.88. The van der Waals surface area contributed by atoms with Crippen molar-refractivity contribution in [3.8, 4) is 0 Å². The van der Waals surface area contributed by atoms with Gasteiger partial charge in [0.05, 0.1) is 5.92 Å². The van der Waals surface area contributed by atoms with Gasteiger partial charge in [-0.2, -0.15) is 0 Å². The average molecular weight is 178 g/mol. The number of hydrogen-bond acceptors (Lipinski definition) is 2. The minimum Gasteiger partial charge on any atom is -0.481 e. The second kappa shape index (κ2) is 4.36. The number of carboxylic acid groups (broad SMARTS) is 1. The molecule has 1 rings (SSSR count). The second-order valence-electron chi connectivity index (χ2n) is 2.53. The van der Waals surface area contributed by atoms with Crippen LogP contribution in [-0.2, 0) is 4.79 Å². The van der Waals surface area contributed by atoms with Crippen molar-refractivity contribution in [2.45, 2.75) is 18.9 Å². The first-order valence-corrected chi connectivity index (χ1v) is 3.37. The summed E-state index contributed by atoms with van der Waals surface area (Å²) in [5.74, 6) is -1.15. The largest absolute Gasteiger partial charge is 0.481 e. The summed E-state index contributed by atoms with van der Waals surface area (Å²) in [7, 11) is 0. The van der Waals surface area contributed by atoms with Crippen molar-refractivity contribution < 1.29 is 9.90 Å². The van der Waals surface area contributed by atoms with E-state index in [2.05, 4.69) is 0 Å². The van der Waals surface area contributed by atoms with Gasteiger partial charge in [0.2, 0.25) is 0 Å². The molecule has 0 amide bonds. The van der Waals surface area contributed by atoms with Crippen molar-refractivity contribution in [3.63, 3.8) is 0 Å². The van der Waals surface area contributed by atoms with Gasteiger partial charge >= 0.3 is 5.97 Å². The van der Waals surface area contributed by atoms with Gasteiger partial charge < -0.3 is 10.8 Å². The third-order valence-electron chi connectivity index (χ3n) is 1.78. The van der Waals surface area contributed by atoms with Crippen LogP contribution in [0.3, 0.4) is 0 Å². The van der Waals surface area contributed by atoms with Crippen LogP contribution in [0.15, 0.2) is 12.2 Å². The van der Waals surface area contributed by atoms with E-state index >= 15 is 0 Å². The molecule has 0 radical (unpaired) electrons. The first kappa shape index (κ1) is 10.5. The van der Waals surface area contributed by atoms with Gasteiger partial charge in [0.15, 0.2) is 0 Å². The zero-order valence-electron chi connectivity index (χ0n) is 6.06. The maximum atomic E-state index is 10.5. The molecular weight excluding hydrogens is 166 g/mol. The monoisotopic (exact) mass is 177 g/mol. The minimum absolute atomic E-state index is 0. The highest BCUT2D eigenvalue weighted by atomic mass is 35.5. The van der Waals surface area contributed by atoms with E-state index in [9.17, 15) is 4.79 Å². The number of nitrogens with two attached hydrogens (primary N) is 1. The van der Waals surface area contributed by atoms with Crippen molar-refractivity contribution >= 4 is 18.4 Å². The smallest absolute Gasteiger partial charge is 0.308 e. The Hall–Kier alpha value is -0.540. The lowest BCUT2D eigenvalue weighted by atomic mass is 9.90. The molecule has 0 bridgehead atoms. The summed E-state index contributed by atoms with van der Waals surface area (Å²) in [6, 6.07) is -0.286. The van der Waals surface area contributed by atoms with E-state index in [0.29, 0.717) is 6.42 Å². The van der Waals surface area contributed by atoms with E-state index < -0.39 is 5.97 Å². The molecule has 0 aromatic heterocycles. The Kier molecular flexibility index (Phi) is 4.15. The zero-order chi connectivity index (χ0) is 7.56. The van der Waals surface area contributed by atoms with Crippen LogP contribution in [0, 0.1) is 5.92 Å². The Morgan fingerprint density at radius 2 is 2.27 bits per heavy atom. The molecule has 4 heteroatoms. The topological polar surface area (TPSA) is 63.3 Å². The molecule has 3 nitrogen and oxygen atoms in total. The maximum absolute atomic E-state index is 10.5. The van der Waals surface area contributed by atoms with Gasteiger partial charge in [-0.1, -0.05) is 12.2 Å². The van der Waals surface area contributed by atoms with Gasteiger partial charge in [-0.05, 0) is 12.8 Å². The maximum Gasteiger partial charge on any atom is 0.308 e. The molecule has 0 saturated carbocycles. The lowest BCUT2D eigenvalue weighted by molar-refractivity contribution is -0.142. The third kappa shape index (κ3) is 2.52. The Morgan fingerprint density at radius 3 is 2.64 bits per heavy atom. The minimum atomic E-state index is -0.781. The van der Waals surface area contributed by atoms with Crippen LogP contribution in [0.25, 0.3) is 0 Å². The molecule has 2 atom stereocenters. The van der Waals surface area contributed by atoms with E-state index in [0.717, 1.165) is 6.42 Å². The standard InChI is InChI=1S/C7H11NO2.ClH/c8-6-4-2-1-3-5(6)7(9)10;/h2,4-6H,1,3,8H2,(H,9,10);1H/t5-,6+;/m0./s1. The van der Waals surface area contributed by atoms with Crippen molar-refractivity contribution in [2.75, 3.05) is 0 Å². The molecule has 0 aliphatic heterocycles. The average Bonchev–Trinajstić information content (AvgIpc) is 1.88. The summed E-state index contributed by atoms with van der Waals surface area (Å²) in [4.78, 5) is 10.5. The third-order valence-corrected chi connectivity index (χ3v) is 1.78. The highest BCUT2D eigenvalue weighted by molar-refractivity contribution is 5.85. The predicted molar refractivity (Wildman–Crippen MR) is 44.7 cm³/mol. The molecule has 1 aliphatic carbocycles. The molecular formula is C7H12ClNO2. The van der Waals surface area contributed by atoms with Crippen molar-refractivity contribution in [3.05, 3.63) is 12.2 Å². The molecule has 0 fully saturated rings. The fourth-order valence-electron chi connectivity index (χ4n) is 1.14. The SMILES string of the molecule is Cl.N[C@@H]1C=CCC[C@@H]1C(=O)O. The van der Waals surface area contributed by atoms with Crippen LogP contribution in [-0.4, -0.2) is 17.1 Å². The van der Waals surface area contributed by atoms with Crippen LogP contribution in [0.4, 0.5) is 0 Å². The normalized spacial score (nSPS) is 29.2. The van der Waals surface area contributed by atoms with E-state index in [4.69, 9.17) is 10.8 Å². The van der Waals surface area contributed by atoms with Crippen LogP contribution in [0.2, 0.25) is 0 Å². The Bertz CT molecular complexity index is 170. The summed E-state index contributed by atoms with van der Waals surface area (Å²) in [6.45, 7) is 0. The predicted octanol–water partition coefficient (Wildman–Crippen LogP) is 0.786. The van der Waals surface area contributed by atoms with Crippen molar-refractivity contribution in [1.82, 2.24) is 0 Å². The number of carboxylic acids is 1. The fourth-order valence-corrected chi connectivity index (χ4v) is 1.14. The lowest BCUT2D eigenvalue weighted by Crippen LogP contribution is -2.35. The van der Waals surface area contributed by atoms with Gasteiger partial charge in [0.25, 0.3) is 0 Å². The van der Waals surface area contributed by atoms with E-state index in [1.807, 2.05) is 6.08 Å². The van der Waals surface area contributed by atoms with Crippen molar-refractivity contribution in [2.24, 2.45) is 11.7 Å². The number of halogens is 1. The summed E-state index contributed by atoms with van der Waals surface area (Å²) >= 11 is 0. The van der Waals surface area contributed by atoms with Crippen LogP contribution < -0.4 is 5.73 Å². The van der Waals surface area contributed by atoms with Gasteiger partial charge in [0, 0.05) is 6.04 Å². The summed E-state index contributed by atoms with van der Waals surface area (Å²) in [6.07, 6.45) is 5.21. The van der Waals surface area contributed by atoms with E-state index in [-0.39, 0.29) is 24.4 Å². The molecule has 0 unspecified atom stereocenters. The van der Waals surface area contributed by atoms with Crippen LogP contribution >= 0.6 is 12.4 Å². The Labute approximate surface area is 71.7 Å². The molecule has 64 valence electrons. The summed E-state index contributed by atoms with van der Waals surface area (Å²) < 4.78 is 0. The first-order chi connectivity index (χ1) is 4.72.